The lowest BCUT2D eigenvalue weighted by Gasteiger charge is -2.22. The Morgan fingerprint density at radius 1 is 1.25 bits per heavy atom. The first-order valence-electron chi connectivity index (χ1n) is 9.54. The normalized spacial score (nSPS) is 19.0. The summed E-state index contributed by atoms with van der Waals surface area (Å²) >= 11 is 0. The van der Waals surface area contributed by atoms with Crippen molar-refractivity contribution in [2.24, 2.45) is 4.99 Å². The fraction of sp³-hybridized carbons (Fsp3) is 0.944. The average molecular weight is 453 g/mol. The summed E-state index contributed by atoms with van der Waals surface area (Å²) in [5.41, 5.74) is 0. The van der Waals surface area contributed by atoms with Gasteiger partial charge in [0, 0.05) is 25.2 Å². The van der Waals surface area contributed by atoms with Crippen LogP contribution in [0.1, 0.15) is 53.4 Å². The minimum atomic E-state index is 0. The molecule has 1 fully saturated rings. The molecule has 1 aliphatic heterocycles. The second-order valence-corrected chi connectivity index (χ2v) is 6.85. The molecule has 0 aromatic rings. The molecule has 0 aromatic heterocycles. The number of likely N-dealkylation sites (N-methyl/N-ethyl adjacent to an activating group) is 1. The molecular weight excluding hydrogens is 413 g/mol. The van der Waals surface area contributed by atoms with Gasteiger partial charge in [0.15, 0.2) is 5.96 Å². The van der Waals surface area contributed by atoms with Crippen molar-refractivity contribution in [3.63, 3.8) is 0 Å². The minimum Gasteiger partial charge on any atom is -0.357 e. The molecule has 0 saturated carbocycles. The Morgan fingerprint density at radius 3 is 2.62 bits per heavy atom. The largest absolute Gasteiger partial charge is 0.357 e. The smallest absolute Gasteiger partial charge is 0.191 e. The van der Waals surface area contributed by atoms with E-state index in [4.69, 9.17) is 4.99 Å². The van der Waals surface area contributed by atoms with Crippen LogP contribution >= 0.6 is 24.0 Å². The molecule has 2 N–H and O–H groups in total. The molecule has 0 bridgehead atoms. The number of hydrogen-bond donors (Lipinski definition) is 2. The Hall–Kier alpha value is -0.0800. The first-order chi connectivity index (χ1) is 11.1. The fourth-order valence-electron chi connectivity index (χ4n) is 3.01. The van der Waals surface area contributed by atoms with Crippen molar-refractivity contribution in [2.45, 2.75) is 65.5 Å². The summed E-state index contributed by atoms with van der Waals surface area (Å²) in [6, 6.07) is 1.27. The van der Waals surface area contributed by atoms with Crippen LogP contribution in [0.3, 0.4) is 0 Å². The number of likely N-dealkylation sites (tertiary alicyclic amines) is 1. The highest BCUT2D eigenvalue weighted by molar-refractivity contribution is 14.0. The predicted molar refractivity (Wildman–Crippen MR) is 117 cm³/mol. The number of hydrogen-bond acceptors (Lipinski definition) is 3. The lowest BCUT2D eigenvalue weighted by Crippen LogP contribution is -2.39. The van der Waals surface area contributed by atoms with Gasteiger partial charge in [0.1, 0.15) is 0 Å². The van der Waals surface area contributed by atoms with Gasteiger partial charge in [0.05, 0.1) is 6.54 Å². The Balaban J connectivity index is 0.00000529. The molecule has 0 spiro atoms. The van der Waals surface area contributed by atoms with Crippen molar-refractivity contribution in [3.8, 4) is 0 Å². The standard InChI is InChI=1S/C18H39N5.HI/c1-6-19-18(20-12-8-9-13-22(5)16(3)4)21-15-17-11-10-14-23(17)7-2;/h16-17H,6-15H2,1-5H3,(H2,19,20,21);1H. The number of aliphatic imine (C=N–C) groups is 1. The van der Waals surface area contributed by atoms with Crippen LogP contribution in [-0.4, -0.2) is 74.2 Å². The van der Waals surface area contributed by atoms with Gasteiger partial charge in [0.25, 0.3) is 0 Å². The molecule has 1 heterocycles. The molecule has 1 aliphatic rings. The molecule has 0 aliphatic carbocycles. The first kappa shape index (κ1) is 23.9. The van der Waals surface area contributed by atoms with E-state index in [1.165, 1.54) is 38.8 Å². The highest BCUT2D eigenvalue weighted by atomic mass is 127. The van der Waals surface area contributed by atoms with E-state index in [-0.39, 0.29) is 24.0 Å². The zero-order chi connectivity index (χ0) is 17.1. The van der Waals surface area contributed by atoms with E-state index in [0.29, 0.717) is 12.1 Å². The van der Waals surface area contributed by atoms with E-state index in [1.54, 1.807) is 0 Å². The van der Waals surface area contributed by atoms with E-state index >= 15 is 0 Å². The highest BCUT2D eigenvalue weighted by Gasteiger charge is 2.22. The summed E-state index contributed by atoms with van der Waals surface area (Å²) < 4.78 is 0. The second-order valence-electron chi connectivity index (χ2n) is 6.85. The van der Waals surface area contributed by atoms with Crippen LogP contribution in [-0.2, 0) is 0 Å². The van der Waals surface area contributed by atoms with Gasteiger partial charge in [-0.05, 0) is 73.1 Å². The van der Waals surface area contributed by atoms with Crippen LogP contribution in [0.2, 0.25) is 0 Å². The monoisotopic (exact) mass is 453 g/mol. The molecule has 1 unspecified atom stereocenters. The number of halogens is 1. The van der Waals surface area contributed by atoms with Crippen molar-refractivity contribution >= 4 is 29.9 Å². The molecule has 1 rings (SSSR count). The van der Waals surface area contributed by atoms with Crippen molar-refractivity contribution in [2.75, 3.05) is 46.3 Å². The van der Waals surface area contributed by atoms with Crippen molar-refractivity contribution < 1.29 is 0 Å². The van der Waals surface area contributed by atoms with E-state index in [9.17, 15) is 0 Å². The van der Waals surface area contributed by atoms with Crippen LogP contribution in [0.25, 0.3) is 0 Å². The van der Waals surface area contributed by atoms with Crippen molar-refractivity contribution in [1.29, 1.82) is 0 Å². The van der Waals surface area contributed by atoms with Gasteiger partial charge < -0.3 is 15.5 Å². The summed E-state index contributed by atoms with van der Waals surface area (Å²) in [6.07, 6.45) is 5.03. The molecule has 5 nitrogen and oxygen atoms in total. The zero-order valence-corrected chi connectivity index (χ0v) is 18.8. The molecule has 24 heavy (non-hydrogen) atoms. The minimum absolute atomic E-state index is 0. The summed E-state index contributed by atoms with van der Waals surface area (Å²) in [5, 5.41) is 6.85. The molecule has 0 amide bonds. The van der Waals surface area contributed by atoms with E-state index in [2.05, 4.69) is 55.2 Å². The predicted octanol–water partition coefficient (Wildman–Crippen LogP) is 2.76. The lowest BCUT2D eigenvalue weighted by atomic mass is 10.2. The van der Waals surface area contributed by atoms with Gasteiger partial charge >= 0.3 is 0 Å². The molecule has 0 radical (unpaired) electrons. The summed E-state index contributed by atoms with van der Waals surface area (Å²) in [7, 11) is 2.20. The molecular formula is C18H40IN5. The first-order valence-corrected chi connectivity index (χ1v) is 9.54. The average Bonchev–Trinajstić information content (AvgIpc) is 2.99. The Bertz CT molecular complexity index is 335. The van der Waals surface area contributed by atoms with Crippen LogP contribution in [0.4, 0.5) is 0 Å². The summed E-state index contributed by atoms with van der Waals surface area (Å²) in [6.45, 7) is 15.3. The van der Waals surface area contributed by atoms with E-state index in [1.807, 2.05) is 0 Å². The molecule has 1 saturated heterocycles. The topological polar surface area (TPSA) is 42.9 Å². The third-order valence-corrected chi connectivity index (χ3v) is 4.82. The number of rotatable bonds is 10. The van der Waals surface area contributed by atoms with Gasteiger partial charge in [-0.25, -0.2) is 0 Å². The fourth-order valence-corrected chi connectivity index (χ4v) is 3.01. The lowest BCUT2D eigenvalue weighted by molar-refractivity contribution is 0.268. The maximum absolute atomic E-state index is 4.80. The third kappa shape index (κ3) is 9.42. The second kappa shape index (κ2) is 14.1. The Kier molecular flexibility index (Phi) is 14.1. The molecule has 1 atom stereocenters. The Labute approximate surface area is 167 Å². The zero-order valence-electron chi connectivity index (χ0n) is 16.5. The molecule has 6 heteroatoms. The number of nitrogens with one attached hydrogen (secondary N) is 2. The number of nitrogens with zero attached hydrogens (tertiary/aromatic N) is 3. The Morgan fingerprint density at radius 2 is 2.00 bits per heavy atom. The number of unbranched alkanes of at least 4 members (excludes halogenated alkanes) is 1. The van der Waals surface area contributed by atoms with Gasteiger partial charge in [0.2, 0.25) is 0 Å². The van der Waals surface area contributed by atoms with Gasteiger partial charge in [-0.15, -0.1) is 24.0 Å². The quantitative estimate of drug-likeness (QED) is 0.231. The maximum Gasteiger partial charge on any atom is 0.191 e. The van der Waals surface area contributed by atoms with Crippen molar-refractivity contribution in [3.05, 3.63) is 0 Å². The van der Waals surface area contributed by atoms with Crippen LogP contribution in [0, 0.1) is 0 Å². The van der Waals surface area contributed by atoms with Crippen LogP contribution in [0.15, 0.2) is 4.99 Å². The highest BCUT2D eigenvalue weighted by Crippen LogP contribution is 2.16. The van der Waals surface area contributed by atoms with E-state index in [0.717, 1.165) is 32.1 Å². The maximum atomic E-state index is 4.80. The van der Waals surface area contributed by atoms with Crippen LogP contribution < -0.4 is 10.6 Å². The van der Waals surface area contributed by atoms with Crippen molar-refractivity contribution in [1.82, 2.24) is 20.4 Å². The SMILES string of the molecule is CCNC(=NCC1CCCN1CC)NCCCCN(C)C(C)C.I. The molecule has 144 valence electrons. The van der Waals surface area contributed by atoms with Gasteiger partial charge in [-0.2, -0.15) is 0 Å². The van der Waals surface area contributed by atoms with Gasteiger partial charge in [-0.3, -0.25) is 9.89 Å². The summed E-state index contributed by atoms with van der Waals surface area (Å²) in [4.78, 5) is 9.75. The summed E-state index contributed by atoms with van der Waals surface area (Å²) in [5.74, 6) is 0.979. The van der Waals surface area contributed by atoms with E-state index < -0.39 is 0 Å². The number of guanidine groups is 1. The van der Waals surface area contributed by atoms with Crippen LogP contribution in [0.5, 0.6) is 0 Å². The third-order valence-electron chi connectivity index (χ3n) is 4.82. The van der Waals surface area contributed by atoms with Gasteiger partial charge in [-0.1, -0.05) is 6.92 Å². The molecule has 0 aromatic carbocycles.